The highest BCUT2D eigenvalue weighted by Crippen LogP contribution is 2.19. The molecule has 0 aliphatic carbocycles. The molecule has 0 bridgehead atoms. The quantitative estimate of drug-likeness (QED) is 0.537. The van der Waals surface area contributed by atoms with Gasteiger partial charge in [0.15, 0.2) is 0 Å². The number of amides is 1. The molecule has 0 atom stereocenters. The summed E-state index contributed by atoms with van der Waals surface area (Å²) in [6.07, 6.45) is 7.46. The largest absolute Gasteiger partial charge is 0.399 e. The van der Waals surface area contributed by atoms with Crippen LogP contribution in [0.3, 0.4) is 0 Å². The molecule has 0 fully saturated rings. The van der Waals surface area contributed by atoms with Crippen LogP contribution in [0.4, 0.5) is 11.4 Å². The van der Waals surface area contributed by atoms with Crippen molar-refractivity contribution in [2.24, 2.45) is 0 Å². The fourth-order valence-electron chi connectivity index (χ4n) is 2.33. The van der Waals surface area contributed by atoms with E-state index in [0.717, 1.165) is 31.5 Å². The third-order valence-corrected chi connectivity index (χ3v) is 3.42. The van der Waals surface area contributed by atoms with E-state index in [1.165, 1.54) is 19.3 Å². The summed E-state index contributed by atoms with van der Waals surface area (Å²) in [7, 11) is 0. The lowest BCUT2D eigenvalue weighted by molar-refractivity contribution is -0.118. The molecule has 1 aromatic rings. The second kappa shape index (κ2) is 9.40. The van der Waals surface area contributed by atoms with Crippen molar-refractivity contribution in [3.8, 4) is 0 Å². The Morgan fingerprint density at radius 1 is 1.10 bits per heavy atom. The molecule has 1 rings (SSSR count). The lowest BCUT2D eigenvalue weighted by atomic mass is 10.1. The van der Waals surface area contributed by atoms with E-state index >= 15 is 0 Å². The molecule has 0 spiro atoms. The van der Waals surface area contributed by atoms with Crippen LogP contribution in [0, 0.1) is 0 Å². The molecule has 112 valence electrons. The van der Waals surface area contributed by atoms with E-state index in [4.69, 9.17) is 5.73 Å². The third kappa shape index (κ3) is 5.64. The maximum atomic E-state index is 12.4. The lowest BCUT2D eigenvalue weighted by Crippen LogP contribution is -2.31. The van der Waals surface area contributed by atoms with Crippen molar-refractivity contribution in [3.05, 3.63) is 24.3 Å². The number of rotatable bonds is 9. The molecule has 0 radical (unpaired) electrons. The van der Waals surface area contributed by atoms with Gasteiger partial charge in [-0.25, -0.2) is 0 Å². The SMILES string of the molecule is CCCCCCCC(=O)N(CCC)c1cccc(N)c1. The Kier molecular flexibility index (Phi) is 7.78. The minimum atomic E-state index is 0.217. The molecule has 0 heterocycles. The fraction of sp³-hybridized carbons (Fsp3) is 0.588. The van der Waals surface area contributed by atoms with Crippen LogP contribution in [-0.4, -0.2) is 12.5 Å². The Balaban J connectivity index is 2.54. The van der Waals surface area contributed by atoms with Crippen LogP contribution in [0.2, 0.25) is 0 Å². The van der Waals surface area contributed by atoms with Gasteiger partial charge in [0.25, 0.3) is 0 Å². The monoisotopic (exact) mass is 276 g/mol. The van der Waals surface area contributed by atoms with E-state index in [0.29, 0.717) is 12.1 Å². The minimum Gasteiger partial charge on any atom is -0.399 e. The summed E-state index contributed by atoms with van der Waals surface area (Å²) in [6.45, 7) is 5.05. The van der Waals surface area contributed by atoms with Gasteiger partial charge in [-0.3, -0.25) is 4.79 Å². The van der Waals surface area contributed by atoms with Gasteiger partial charge in [-0.1, -0.05) is 45.6 Å². The Hall–Kier alpha value is -1.51. The molecule has 20 heavy (non-hydrogen) atoms. The van der Waals surface area contributed by atoms with Gasteiger partial charge in [-0.2, -0.15) is 0 Å². The number of nitrogens with zero attached hydrogens (tertiary/aromatic N) is 1. The van der Waals surface area contributed by atoms with Gasteiger partial charge in [0, 0.05) is 24.3 Å². The number of benzene rings is 1. The summed E-state index contributed by atoms with van der Waals surface area (Å²) in [4.78, 5) is 14.2. The molecule has 2 N–H and O–H groups in total. The van der Waals surface area contributed by atoms with Crippen LogP contribution >= 0.6 is 0 Å². The van der Waals surface area contributed by atoms with Crippen molar-refractivity contribution in [2.75, 3.05) is 17.2 Å². The Morgan fingerprint density at radius 2 is 1.85 bits per heavy atom. The van der Waals surface area contributed by atoms with Crippen LogP contribution in [0.25, 0.3) is 0 Å². The molecule has 1 amide bonds. The molecule has 0 saturated carbocycles. The number of hydrogen-bond acceptors (Lipinski definition) is 2. The standard InChI is InChI=1S/C17H28N2O/c1-3-5-6-7-8-12-17(20)19(13-4-2)16-11-9-10-15(18)14-16/h9-11,14H,3-8,12-13,18H2,1-2H3. The summed E-state index contributed by atoms with van der Waals surface area (Å²) < 4.78 is 0. The highest BCUT2D eigenvalue weighted by Gasteiger charge is 2.14. The van der Waals surface area contributed by atoms with Crippen molar-refractivity contribution in [3.63, 3.8) is 0 Å². The normalized spacial score (nSPS) is 10.5. The van der Waals surface area contributed by atoms with Crippen molar-refractivity contribution >= 4 is 17.3 Å². The number of nitrogens with two attached hydrogens (primary N) is 1. The number of hydrogen-bond donors (Lipinski definition) is 1. The number of carbonyl (C=O) groups excluding carboxylic acids is 1. The highest BCUT2D eigenvalue weighted by molar-refractivity contribution is 5.93. The first-order valence-corrected chi connectivity index (χ1v) is 7.85. The molecule has 0 unspecified atom stereocenters. The average molecular weight is 276 g/mol. The average Bonchev–Trinajstić information content (AvgIpc) is 2.44. The maximum Gasteiger partial charge on any atom is 0.226 e. The zero-order valence-electron chi connectivity index (χ0n) is 12.9. The molecular weight excluding hydrogens is 248 g/mol. The van der Waals surface area contributed by atoms with Gasteiger partial charge in [0.05, 0.1) is 0 Å². The predicted octanol–water partition coefficient (Wildman–Crippen LogP) is 4.37. The number of unbranched alkanes of at least 4 members (excludes halogenated alkanes) is 4. The number of anilines is 2. The number of nitrogen functional groups attached to an aromatic ring is 1. The van der Waals surface area contributed by atoms with Gasteiger partial charge < -0.3 is 10.6 Å². The lowest BCUT2D eigenvalue weighted by Gasteiger charge is -2.22. The molecule has 0 aliphatic rings. The molecule has 3 nitrogen and oxygen atoms in total. The van der Waals surface area contributed by atoms with Crippen LogP contribution in [0.1, 0.15) is 58.8 Å². The van der Waals surface area contributed by atoms with Gasteiger partial charge in [0.2, 0.25) is 5.91 Å². The van der Waals surface area contributed by atoms with E-state index < -0.39 is 0 Å². The van der Waals surface area contributed by atoms with E-state index in [9.17, 15) is 4.79 Å². The van der Waals surface area contributed by atoms with E-state index in [2.05, 4.69) is 13.8 Å². The molecule has 0 saturated heterocycles. The zero-order chi connectivity index (χ0) is 14.8. The first-order valence-electron chi connectivity index (χ1n) is 7.85. The van der Waals surface area contributed by atoms with Crippen LogP contribution in [0.15, 0.2) is 24.3 Å². The van der Waals surface area contributed by atoms with E-state index in [1.807, 2.05) is 29.2 Å². The van der Waals surface area contributed by atoms with Crippen LogP contribution in [0.5, 0.6) is 0 Å². The molecule has 3 heteroatoms. The van der Waals surface area contributed by atoms with Crippen molar-refractivity contribution in [2.45, 2.75) is 58.8 Å². The third-order valence-electron chi connectivity index (χ3n) is 3.42. The maximum absolute atomic E-state index is 12.4. The van der Waals surface area contributed by atoms with Crippen LogP contribution in [-0.2, 0) is 4.79 Å². The van der Waals surface area contributed by atoms with Crippen LogP contribution < -0.4 is 10.6 Å². The predicted molar refractivity (Wildman–Crippen MR) is 86.9 cm³/mol. The second-order valence-corrected chi connectivity index (χ2v) is 5.30. The zero-order valence-corrected chi connectivity index (χ0v) is 12.9. The van der Waals surface area contributed by atoms with Crippen molar-refractivity contribution in [1.82, 2.24) is 0 Å². The minimum absolute atomic E-state index is 0.217. The van der Waals surface area contributed by atoms with Gasteiger partial charge in [-0.15, -0.1) is 0 Å². The van der Waals surface area contributed by atoms with E-state index in [1.54, 1.807) is 0 Å². The highest BCUT2D eigenvalue weighted by atomic mass is 16.2. The number of carbonyl (C=O) groups is 1. The Bertz CT molecular complexity index is 404. The topological polar surface area (TPSA) is 46.3 Å². The van der Waals surface area contributed by atoms with Gasteiger partial charge >= 0.3 is 0 Å². The first kappa shape index (κ1) is 16.5. The summed E-state index contributed by atoms with van der Waals surface area (Å²) in [5.74, 6) is 0.217. The molecule has 1 aromatic carbocycles. The summed E-state index contributed by atoms with van der Waals surface area (Å²) in [5.41, 5.74) is 7.44. The molecular formula is C17H28N2O. The van der Waals surface area contributed by atoms with Crippen molar-refractivity contribution < 1.29 is 4.79 Å². The second-order valence-electron chi connectivity index (χ2n) is 5.30. The summed E-state index contributed by atoms with van der Waals surface area (Å²) in [5, 5.41) is 0. The van der Waals surface area contributed by atoms with Crippen molar-refractivity contribution in [1.29, 1.82) is 0 Å². The summed E-state index contributed by atoms with van der Waals surface area (Å²) in [6, 6.07) is 7.59. The Labute approximate surface area is 123 Å². The summed E-state index contributed by atoms with van der Waals surface area (Å²) >= 11 is 0. The first-order chi connectivity index (χ1) is 9.69. The van der Waals surface area contributed by atoms with Gasteiger partial charge in [0.1, 0.15) is 0 Å². The smallest absolute Gasteiger partial charge is 0.226 e. The van der Waals surface area contributed by atoms with E-state index in [-0.39, 0.29) is 5.91 Å². The molecule has 0 aliphatic heterocycles. The molecule has 0 aromatic heterocycles. The van der Waals surface area contributed by atoms with Gasteiger partial charge in [-0.05, 0) is 31.0 Å². The fourth-order valence-corrected chi connectivity index (χ4v) is 2.33. The Morgan fingerprint density at radius 3 is 2.50 bits per heavy atom.